The zero-order valence-electron chi connectivity index (χ0n) is 12.2. The van der Waals surface area contributed by atoms with E-state index < -0.39 is 23.8 Å². The number of rotatable bonds is 3. The smallest absolute Gasteiger partial charge is 0.414 e. The number of nitrogens with zero attached hydrogens (tertiary/aromatic N) is 2. The van der Waals surface area contributed by atoms with E-state index in [9.17, 15) is 18.4 Å². The molecule has 1 amide bonds. The number of halogens is 2. The van der Waals surface area contributed by atoms with Gasteiger partial charge in [0.15, 0.2) is 17.4 Å². The van der Waals surface area contributed by atoms with Crippen molar-refractivity contribution in [1.29, 1.82) is 0 Å². The third kappa shape index (κ3) is 2.89. The number of nitrogens with two attached hydrogens (primary N) is 1. The molecule has 2 heterocycles. The molecule has 1 atom stereocenters. The number of ether oxygens (including phenoxy) is 1. The van der Waals surface area contributed by atoms with E-state index in [1.54, 1.807) is 0 Å². The Balaban J connectivity index is 1.90. The molecule has 2 aliphatic heterocycles. The molecule has 3 rings (SSSR count). The highest BCUT2D eigenvalue weighted by molar-refractivity contribution is 5.92. The van der Waals surface area contributed by atoms with Gasteiger partial charge < -0.3 is 15.4 Å². The molecule has 2 N–H and O–H groups in total. The van der Waals surface area contributed by atoms with Gasteiger partial charge in [-0.05, 0) is 6.08 Å². The van der Waals surface area contributed by atoms with Gasteiger partial charge in [-0.2, -0.15) is 0 Å². The van der Waals surface area contributed by atoms with Crippen molar-refractivity contribution in [3.63, 3.8) is 0 Å². The molecule has 0 spiro atoms. The number of carbonyl (C=O) groups is 2. The first-order chi connectivity index (χ1) is 11.0. The van der Waals surface area contributed by atoms with Gasteiger partial charge >= 0.3 is 6.09 Å². The van der Waals surface area contributed by atoms with Gasteiger partial charge in [-0.3, -0.25) is 9.69 Å². The predicted molar refractivity (Wildman–Crippen MR) is 79.1 cm³/mol. The number of cyclic esters (lactones) is 1. The van der Waals surface area contributed by atoms with Crippen LogP contribution in [-0.2, 0) is 9.53 Å². The maximum Gasteiger partial charge on any atom is 0.414 e. The molecule has 0 aliphatic carbocycles. The fraction of sp³-hybridized carbons (Fsp3) is 0.333. The van der Waals surface area contributed by atoms with Crippen molar-refractivity contribution in [1.82, 2.24) is 0 Å². The van der Waals surface area contributed by atoms with Crippen molar-refractivity contribution in [2.45, 2.75) is 12.5 Å². The normalized spacial score (nSPS) is 21.1. The maximum absolute atomic E-state index is 14.3. The summed E-state index contributed by atoms with van der Waals surface area (Å²) in [4.78, 5) is 25.4. The highest BCUT2D eigenvalue weighted by Crippen LogP contribution is 2.31. The lowest BCUT2D eigenvalue weighted by Crippen LogP contribution is -2.28. The second-order valence-electron chi connectivity index (χ2n) is 5.34. The largest absolute Gasteiger partial charge is 0.443 e. The molecular formula is C15H15F2N3O3. The summed E-state index contributed by atoms with van der Waals surface area (Å²) in [6.45, 7) is 0.479. The number of hydrogen-bond donors (Lipinski definition) is 1. The summed E-state index contributed by atoms with van der Waals surface area (Å²) in [7, 11) is 0. The molecule has 0 saturated carbocycles. The van der Waals surface area contributed by atoms with Crippen molar-refractivity contribution in [2.24, 2.45) is 5.73 Å². The lowest BCUT2D eigenvalue weighted by molar-refractivity contribution is -0.114. The summed E-state index contributed by atoms with van der Waals surface area (Å²) in [5.74, 6) is -1.72. The SMILES string of the molecule is NCC1CN(c2cc(F)c(N3C=CC(=O)CC3)c(F)c2)C(=O)O1. The van der Waals surface area contributed by atoms with Gasteiger partial charge in [0, 0.05) is 37.8 Å². The number of benzene rings is 1. The molecule has 8 heteroatoms. The quantitative estimate of drug-likeness (QED) is 0.913. The molecule has 1 saturated heterocycles. The van der Waals surface area contributed by atoms with Crippen LogP contribution in [0, 0.1) is 11.6 Å². The van der Waals surface area contributed by atoms with Gasteiger partial charge in [0.05, 0.1) is 12.2 Å². The Hall–Kier alpha value is -2.48. The number of anilines is 2. The minimum atomic E-state index is -0.817. The predicted octanol–water partition coefficient (Wildman–Crippen LogP) is 1.54. The van der Waals surface area contributed by atoms with Gasteiger partial charge in [0.25, 0.3) is 0 Å². The Bertz CT molecular complexity index is 670. The summed E-state index contributed by atoms with van der Waals surface area (Å²) in [5, 5.41) is 0. The van der Waals surface area contributed by atoms with Crippen molar-refractivity contribution >= 4 is 23.3 Å². The topological polar surface area (TPSA) is 75.9 Å². The first kappa shape index (κ1) is 15.4. The van der Waals surface area contributed by atoms with Crippen LogP contribution in [0.2, 0.25) is 0 Å². The molecular weight excluding hydrogens is 308 g/mol. The average Bonchev–Trinajstić information content (AvgIpc) is 2.89. The van der Waals surface area contributed by atoms with Gasteiger partial charge in [0.2, 0.25) is 0 Å². The minimum Gasteiger partial charge on any atom is -0.443 e. The van der Waals surface area contributed by atoms with Gasteiger partial charge in [-0.15, -0.1) is 0 Å². The molecule has 1 fully saturated rings. The molecule has 6 nitrogen and oxygen atoms in total. The first-order valence-electron chi connectivity index (χ1n) is 7.14. The van der Waals surface area contributed by atoms with Crippen LogP contribution >= 0.6 is 0 Å². The molecule has 0 aromatic heterocycles. The fourth-order valence-corrected chi connectivity index (χ4v) is 2.59. The first-order valence-corrected chi connectivity index (χ1v) is 7.14. The lowest BCUT2D eigenvalue weighted by atomic mass is 10.1. The molecule has 1 unspecified atom stereocenters. The Morgan fingerprint density at radius 3 is 2.48 bits per heavy atom. The Morgan fingerprint density at radius 1 is 1.26 bits per heavy atom. The highest BCUT2D eigenvalue weighted by Gasteiger charge is 2.32. The van der Waals surface area contributed by atoms with Gasteiger partial charge in [-0.25, -0.2) is 13.6 Å². The molecule has 0 radical (unpaired) electrons. The Labute approximate surface area is 131 Å². The van der Waals surface area contributed by atoms with E-state index in [1.165, 1.54) is 17.2 Å². The lowest BCUT2D eigenvalue weighted by Gasteiger charge is -2.25. The Morgan fingerprint density at radius 2 is 1.96 bits per heavy atom. The van der Waals surface area contributed by atoms with Gasteiger partial charge in [0.1, 0.15) is 11.8 Å². The van der Waals surface area contributed by atoms with Crippen molar-refractivity contribution in [3.05, 3.63) is 36.0 Å². The summed E-state index contributed by atoms with van der Waals surface area (Å²) in [6.07, 6.45) is 1.63. The van der Waals surface area contributed by atoms with Crippen LogP contribution in [-0.4, -0.2) is 37.6 Å². The third-order valence-electron chi connectivity index (χ3n) is 3.78. The van der Waals surface area contributed by atoms with Crippen LogP contribution in [0.1, 0.15) is 6.42 Å². The molecule has 23 heavy (non-hydrogen) atoms. The second-order valence-corrected chi connectivity index (χ2v) is 5.34. The summed E-state index contributed by atoms with van der Waals surface area (Å²) >= 11 is 0. The Kier molecular flexibility index (Phi) is 3.99. The summed E-state index contributed by atoms with van der Waals surface area (Å²) < 4.78 is 33.7. The molecule has 1 aromatic rings. The minimum absolute atomic E-state index is 0.0711. The van der Waals surface area contributed by atoms with Crippen LogP contribution in [0.5, 0.6) is 0 Å². The zero-order chi connectivity index (χ0) is 16.6. The molecule has 122 valence electrons. The highest BCUT2D eigenvalue weighted by atomic mass is 19.1. The van der Waals surface area contributed by atoms with Crippen LogP contribution in [0.4, 0.5) is 25.0 Å². The van der Waals surface area contributed by atoms with Crippen LogP contribution in [0.3, 0.4) is 0 Å². The van der Waals surface area contributed by atoms with E-state index in [0.717, 1.165) is 17.0 Å². The van der Waals surface area contributed by atoms with Crippen LogP contribution in [0.15, 0.2) is 24.4 Å². The standard InChI is InChI=1S/C15H15F2N3O3/c16-12-5-9(20-8-11(7-18)23-15(20)22)6-13(17)14(12)19-3-1-10(21)2-4-19/h1,3,5-6,11H,2,4,7-8,18H2. The zero-order valence-corrected chi connectivity index (χ0v) is 12.2. The second kappa shape index (κ2) is 5.96. The third-order valence-corrected chi connectivity index (χ3v) is 3.78. The molecule has 1 aromatic carbocycles. The summed E-state index contributed by atoms with van der Waals surface area (Å²) in [5.41, 5.74) is 5.26. The van der Waals surface area contributed by atoms with Gasteiger partial charge in [-0.1, -0.05) is 0 Å². The van der Waals surface area contributed by atoms with E-state index in [2.05, 4.69) is 0 Å². The average molecular weight is 323 g/mol. The monoisotopic (exact) mass is 323 g/mol. The van der Waals surface area contributed by atoms with E-state index in [4.69, 9.17) is 10.5 Å². The van der Waals surface area contributed by atoms with E-state index >= 15 is 0 Å². The molecule has 2 aliphatic rings. The number of allylic oxidation sites excluding steroid dienone is 1. The maximum atomic E-state index is 14.3. The molecule has 0 bridgehead atoms. The number of ketones is 1. The summed E-state index contributed by atoms with van der Waals surface area (Å²) in [6, 6.07) is 2.14. The number of amides is 1. The van der Waals surface area contributed by atoms with Crippen molar-refractivity contribution < 1.29 is 23.1 Å². The van der Waals surface area contributed by atoms with Crippen molar-refractivity contribution in [3.8, 4) is 0 Å². The fourth-order valence-electron chi connectivity index (χ4n) is 2.59. The van der Waals surface area contributed by atoms with E-state index in [1.807, 2.05) is 0 Å². The number of carbonyl (C=O) groups excluding carboxylic acids is 2. The van der Waals surface area contributed by atoms with E-state index in [0.29, 0.717) is 0 Å². The van der Waals surface area contributed by atoms with Crippen molar-refractivity contribution in [2.75, 3.05) is 29.4 Å². The van der Waals surface area contributed by atoms with E-state index in [-0.39, 0.29) is 43.2 Å². The van der Waals surface area contributed by atoms with Crippen LogP contribution < -0.4 is 15.5 Å². The van der Waals surface area contributed by atoms with Crippen LogP contribution in [0.25, 0.3) is 0 Å². The number of hydrogen-bond acceptors (Lipinski definition) is 5.